The Balaban J connectivity index is 1.60. The van der Waals surface area contributed by atoms with Crippen molar-refractivity contribution < 1.29 is 9.90 Å². The molecule has 2 saturated carbocycles. The molecule has 1 atom stereocenters. The molecule has 35 heavy (non-hydrogen) atoms. The largest absolute Gasteiger partial charge is 0.465 e. The fourth-order valence-electron chi connectivity index (χ4n) is 5.75. The first-order chi connectivity index (χ1) is 16.9. The third-order valence-electron chi connectivity index (χ3n) is 8.18. The molecule has 0 spiro atoms. The third-order valence-corrected chi connectivity index (χ3v) is 8.18. The van der Waals surface area contributed by atoms with E-state index in [0.29, 0.717) is 23.3 Å². The maximum Gasteiger partial charge on any atom is 0.410 e. The topological polar surface area (TPSA) is 129 Å². The van der Waals surface area contributed by atoms with Crippen LogP contribution in [-0.2, 0) is 6.54 Å². The molecule has 1 amide bonds. The lowest BCUT2D eigenvalue weighted by Crippen LogP contribution is -2.33. The number of fused-ring (bicyclic) bond motifs is 1. The molecule has 2 aromatic heterocycles. The fourth-order valence-corrected chi connectivity index (χ4v) is 5.75. The van der Waals surface area contributed by atoms with Crippen molar-refractivity contribution >= 4 is 34.5 Å². The number of allylic oxidation sites excluding steroid dienone is 2. The van der Waals surface area contributed by atoms with Crippen molar-refractivity contribution in [1.29, 1.82) is 5.41 Å². The summed E-state index contributed by atoms with van der Waals surface area (Å²) in [5.41, 5.74) is 2.66. The minimum Gasteiger partial charge on any atom is -0.465 e. The molecule has 2 aromatic rings. The van der Waals surface area contributed by atoms with E-state index in [0.717, 1.165) is 43.1 Å². The normalized spacial score (nSPS) is 23.5. The first kappa shape index (κ1) is 23.8. The number of carbonyl (C=O) groups is 1. The molecule has 0 radical (unpaired) electrons. The highest BCUT2D eigenvalue weighted by Crippen LogP contribution is 2.37. The van der Waals surface area contributed by atoms with Gasteiger partial charge in [-0.15, -0.1) is 0 Å². The van der Waals surface area contributed by atoms with Gasteiger partial charge in [0.25, 0.3) is 0 Å². The summed E-state index contributed by atoms with van der Waals surface area (Å²) in [6.45, 7) is 5.41. The van der Waals surface area contributed by atoms with Gasteiger partial charge >= 0.3 is 6.09 Å². The van der Waals surface area contributed by atoms with Crippen LogP contribution in [0.25, 0.3) is 16.7 Å². The minimum atomic E-state index is -1.30. The van der Waals surface area contributed by atoms with Crippen LogP contribution in [0, 0.1) is 23.2 Å². The lowest BCUT2D eigenvalue weighted by Gasteiger charge is -2.32. The summed E-state index contributed by atoms with van der Waals surface area (Å²) in [6, 6.07) is 0.226. The van der Waals surface area contributed by atoms with Crippen LogP contribution in [0.5, 0.6) is 0 Å². The summed E-state index contributed by atoms with van der Waals surface area (Å²) in [6.07, 6.45) is 12.8. The van der Waals surface area contributed by atoms with E-state index in [4.69, 9.17) is 15.5 Å². The number of carboxylic acid groups (broad SMARTS) is 1. The Morgan fingerprint density at radius 3 is 2.57 bits per heavy atom. The van der Waals surface area contributed by atoms with Gasteiger partial charge in [0.05, 0.1) is 0 Å². The van der Waals surface area contributed by atoms with Crippen LogP contribution in [0.1, 0.15) is 89.7 Å². The fraction of sp³-hybridized carbons (Fsp3) is 0.654. The lowest BCUT2D eigenvalue weighted by atomic mass is 9.80. The Kier molecular flexibility index (Phi) is 6.75. The van der Waals surface area contributed by atoms with E-state index < -0.39 is 6.09 Å². The van der Waals surface area contributed by atoms with Gasteiger partial charge in [-0.3, -0.25) is 10.7 Å². The zero-order chi connectivity index (χ0) is 24.5. The van der Waals surface area contributed by atoms with Gasteiger partial charge in [0.1, 0.15) is 11.3 Å². The zero-order valence-electron chi connectivity index (χ0n) is 20.8. The molecule has 4 N–H and O–H groups in total. The van der Waals surface area contributed by atoms with Crippen LogP contribution in [0.3, 0.4) is 0 Å². The van der Waals surface area contributed by atoms with Crippen LogP contribution >= 0.6 is 0 Å². The van der Waals surface area contributed by atoms with E-state index in [9.17, 15) is 4.79 Å². The summed E-state index contributed by atoms with van der Waals surface area (Å²) in [7, 11) is 0. The Bertz CT molecular complexity index is 1140. The van der Waals surface area contributed by atoms with Crippen LogP contribution in [0.4, 0.5) is 10.6 Å². The summed E-state index contributed by atoms with van der Waals surface area (Å²) in [5, 5.41) is 23.1. The first-order valence-corrected chi connectivity index (χ1v) is 13.2. The maximum atomic E-state index is 11.2. The van der Waals surface area contributed by atoms with Gasteiger partial charge in [-0.1, -0.05) is 32.3 Å². The molecule has 0 unspecified atom stereocenters. The Morgan fingerprint density at radius 2 is 1.94 bits per heavy atom. The molecule has 0 saturated heterocycles. The van der Waals surface area contributed by atoms with E-state index in [1.54, 1.807) is 0 Å². The first-order valence-electron chi connectivity index (χ1n) is 13.2. The monoisotopic (exact) mass is 479 g/mol. The molecular weight excluding hydrogens is 442 g/mol. The predicted octanol–water partition coefficient (Wildman–Crippen LogP) is 5.41. The van der Waals surface area contributed by atoms with Gasteiger partial charge in [-0.25, -0.2) is 19.7 Å². The van der Waals surface area contributed by atoms with Gasteiger partial charge in [0, 0.05) is 12.6 Å². The number of amidine groups is 1. The molecule has 188 valence electrons. The highest BCUT2D eigenvalue weighted by molar-refractivity contribution is 6.03. The summed E-state index contributed by atoms with van der Waals surface area (Å²) >= 11 is 0. The van der Waals surface area contributed by atoms with Crippen molar-refractivity contribution in [1.82, 2.24) is 24.8 Å². The predicted molar refractivity (Wildman–Crippen MR) is 137 cm³/mol. The van der Waals surface area contributed by atoms with Gasteiger partial charge in [-0.2, -0.15) is 0 Å². The Labute approximate surface area is 206 Å². The number of nitrogens with zero attached hydrogens (tertiary/aromatic N) is 4. The van der Waals surface area contributed by atoms with Crippen molar-refractivity contribution in [2.45, 2.75) is 90.6 Å². The number of anilines is 1. The highest BCUT2D eigenvalue weighted by atomic mass is 16.4. The molecule has 2 fully saturated rings. The van der Waals surface area contributed by atoms with Gasteiger partial charge in [-0.05, 0) is 75.2 Å². The average Bonchev–Trinajstić information content (AvgIpc) is 3.42. The van der Waals surface area contributed by atoms with Crippen molar-refractivity contribution in [3.63, 3.8) is 0 Å². The van der Waals surface area contributed by atoms with E-state index in [1.165, 1.54) is 50.5 Å². The number of amides is 1. The molecule has 3 aliphatic carbocycles. The van der Waals surface area contributed by atoms with E-state index in [1.807, 2.05) is 0 Å². The van der Waals surface area contributed by atoms with Crippen LogP contribution < -0.4 is 10.6 Å². The van der Waals surface area contributed by atoms with Crippen molar-refractivity contribution in [2.75, 3.05) is 5.32 Å². The Morgan fingerprint density at radius 1 is 1.17 bits per heavy atom. The van der Waals surface area contributed by atoms with Crippen molar-refractivity contribution in [3.05, 3.63) is 17.7 Å². The SMILES string of the molecule is C[C@@H](Nc1nc(C(=N)NC(=O)O)nc2nc(C3=CCCC3)n(C[C@H]3CC[C@H](C)CC3)c12)C1CCC1. The molecule has 9 nitrogen and oxygen atoms in total. The quantitative estimate of drug-likeness (QED) is 0.310. The Hall–Kier alpha value is -2.97. The summed E-state index contributed by atoms with van der Waals surface area (Å²) < 4.78 is 2.32. The minimum absolute atomic E-state index is 0.0475. The number of hydrogen-bond donors (Lipinski definition) is 4. The number of rotatable bonds is 7. The molecule has 9 heteroatoms. The van der Waals surface area contributed by atoms with Gasteiger partial charge < -0.3 is 15.0 Å². The summed E-state index contributed by atoms with van der Waals surface area (Å²) in [4.78, 5) is 25.4. The molecule has 0 bridgehead atoms. The second kappa shape index (κ2) is 9.95. The molecule has 0 aromatic carbocycles. The zero-order valence-corrected chi connectivity index (χ0v) is 20.8. The maximum absolute atomic E-state index is 11.2. The standard InChI is InChI=1S/C26H37N7O2/c1-15-10-12-17(13-11-15)14-33-20-22(28-16(2)18-8-5-9-18)30-24(21(27)29-26(34)35)31-23(20)32-25(33)19-6-3-4-7-19/h6,15-18H,3-5,7-14H2,1-2H3,(H2,27,29)(H,34,35)(H,28,30,31)/t15-,16-,17-/m1/s1. The number of hydrogen-bond acceptors (Lipinski definition) is 6. The number of imidazole rings is 1. The number of nitrogens with one attached hydrogen (secondary N) is 3. The highest BCUT2D eigenvalue weighted by Gasteiger charge is 2.29. The summed E-state index contributed by atoms with van der Waals surface area (Å²) in [5.74, 6) is 3.30. The second-order valence-electron chi connectivity index (χ2n) is 10.8. The lowest BCUT2D eigenvalue weighted by molar-refractivity contribution is 0.200. The van der Waals surface area contributed by atoms with E-state index in [-0.39, 0.29) is 17.7 Å². The van der Waals surface area contributed by atoms with Crippen LogP contribution in [0.2, 0.25) is 0 Å². The second-order valence-corrected chi connectivity index (χ2v) is 10.8. The molecule has 0 aliphatic heterocycles. The average molecular weight is 480 g/mol. The van der Waals surface area contributed by atoms with Crippen molar-refractivity contribution in [3.8, 4) is 0 Å². The third kappa shape index (κ3) is 5.04. The molecule has 2 heterocycles. The number of aromatic nitrogens is 4. The molecular formula is C26H37N7O2. The van der Waals surface area contributed by atoms with E-state index >= 15 is 0 Å². The van der Waals surface area contributed by atoms with Crippen LogP contribution in [0.15, 0.2) is 6.08 Å². The molecule has 3 aliphatic rings. The van der Waals surface area contributed by atoms with Crippen LogP contribution in [-0.4, -0.2) is 42.6 Å². The van der Waals surface area contributed by atoms with Crippen molar-refractivity contribution in [2.24, 2.45) is 17.8 Å². The molecule has 5 rings (SSSR count). The smallest absolute Gasteiger partial charge is 0.410 e. The van der Waals surface area contributed by atoms with Gasteiger partial charge in [0.2, 0.25) is 0 Å². The van der Waals surface area contributed by atoms with E-state index in [2.05, 4.69) is 45.1 Å². The van der Waals surface area contributed by atoms with Gasteiger partial charge in [0.15, 0.2) is 23.1 Å².